The molecule has 0 atom stereocenters. The fraction of sp³-hybridized carbons (Fsp3) is 0.391. The van der Waals surface area contributed by atoms with Crippen LogP contribution < -0.4 is 4.74 Å². The zero-order chi connectivity index (χ0) is 18.1. The van der Waals surface area contributed by atoms with E-state index in [9.17, 15) is 0 Å². The summed E-state index contributed by atoms with van der Waals surface area (Å²) in [5.41, 5.74) is 2.36. The molecule has 0 amide bonds. The molecule has 2 aromatic carbocycles. The number of halogens is 1. The minimum Gasteiger partial charge on any atom is -0.494 e. The molecule has 0 saturated carbocycles. The SMILES string of the molecule is CC(C)N(CCCOc1cccc(C=Cc2ccccc2)c1)C(C)C.Cl. The predicted octanol–water partition coefficient (Wildman–Crippen LogP) is 6.17. The molecule has 0 aliphatic rings. The van der Waals surface area contributed by atoms with Crippen LogP contribution in [0.4, 0.5) is 0 Å². The maximum atomic E-state index is 5.95. The van der Waals surface area contributed by atoms with Gasteiger partial charge in [0.05, 0.1) is 6.61 Å². The van der Waals surface area contributed by atoms with Crippen LogP contribution in [0.2, 0.25) is 0 Å². The summed E-state index contributed by atoms with van der Waals surface area (Å²) in [4.78, 5) is 2.50. The molecule has 2 aromatic rings. The van der Waals surface area contributed by atoms with Gasteiger partial charge in [-0.05, 0) is 57.4 Å². The summed E-state index contributed by atoms with van der Waals surface area (Å²) in [6.45, 7) is 10.8. The van der Waals surface area contributed by atoms with Gasteiger partial charge in [0.2, 0.25) is 0 Å². The van der Waals surface area contributed by atoms with Gasteiger partial charge < -0.3 is 4.74 Å². The fourth-order valence-corrected chi connectivity index (χ4v) is 3.01. The van der Waals surface area contributed by atoms with Gasteiger partial charge in [-0.3, -0.25) is 4.90 Å². The number of hydrogen-bond donors (Lipinski definition) is 0. The Bertz CT molecular complexity index is 644. The lowest BCUT2D eigenvalue weighted by Crippen LogP contribution is -2.38. The topological polar surface area (TPSA) is 12.5 Å². The molecule has 26 heavy (non-hydrogen) atoms. The zero-order valence-corrected chi connectivity index (χ0v) is 17.2. The zero-order valence-electron chi connectivity index (χ0n) is 16.4. The van der Waals surface area contributed by atoms with E-state index in [0.717, 1.165) is 30.9 Å². The minimum absolute atomic E-state index is 0. The number of benzene rings is 2. The summed E-state index contributed by atoms with van der Waals surface area (Å²) in [6, 6.07) is 19.8. The van der Waals surface area contributed by atoms with Crippen LogP contribution in [0, 0.1) is 0 Å². The molecule has 2 rings (SSSR count). The average molecular weight is 374 g/mol. The Balaban J connectivity index is 0.00000338. The molecule has 2 nitrogen and oxygen atoms in total. The molecule has 0 aliphatic carbocycles. The molecular formula is C23H32ClNO. The standard InChI is InChI=1S/C23H31NO.ClH/c1-19(2)24(20(3)4)16-9-17-25-23-13-8-12-22(18-23)15-14-21-10-6-5-7-11-21;/h5-8,10-15,18-20H,9,16-17H2,1-4H3;1H. The molecule has 0 N–H and O–H groups in total. The molecule has 0 spiro atoms. The highest BCUT2D eigenvalue weighted by Crippen LogP contribution is 2.16. The Hall–Kier alpha value is -1.77. The van der Waals surface area contributed by atoms with Crippen LogP contribution in [0.25, 0.3) is 12.2 Å². The highest BCUT2D eigenvalue weighted by Gasteiger charge is 2.12. The van der Waals surface area contributed by atoms with Gasteiger partial charge in [0.15, 0.2) is 0 Å². The Morgan fingerprint density at radius 1 is 0.846 bits per heavy atom. The lowest BCUT2D eigenvalue weighted by Gasteiger charge is -2.30. The van der Waals surface area contributed by atoms with Crippen LogP contribution >= 0.6 is 12.4 Å². The third-order valence-corrected chi connectivity index (χ3v) is 4.28. The van der Waals surface area contributed by atoms with Crippen molar-refractivity contribution in [2.24, 2.45) is 0 Å². The monoisotopic (exact) mass is 373 g/mol. The summed E-state index contributed by atoms with van der Waals surface area (Å²) >= 11 is 0. The third kappa shape index (κ3) is 7.63. The number of hydrogen-bond acceptors (Lipinski definition) is 2. The van der Waals surface area contributed by atoms with Crippen molar-refractivity contribution >= 4 is 24.6 Å². The molecule has 0 bridgehead atoms. The quantitative estimate of drug-likeness (QED) is 0.385. The summed E-state index contributed by atoms with van der Waals surface area (Å²) in [5.74, 6) is 0.941. The number of rotatable bonds is 9. The molecule has 0 saturated heterocycles. The third-order valence-electron chi connectivity index (χ3n) is 4.28. The van der Waals surface area contributed by atoms with Gasteiger partial charge in [-0.15, -0.1) is 12.4 Å². The van der Waals surface area contributed by atoms with Gasteiger partial charge in [-0.1, -0.05) is 54.6 Å². The van der Waals surface area contributed by atoms with Crippen molar-refractivity contribution in [1.82, 2.24) is 4.90 Å². The normalized spacial score (nSPS) is 11.3. The smallest absolute Gasteiger partial charge is 0.119 e. The van der Waals surface area contributed by atoms with Crippen molar-refractivity contribution in [1.29, 1.82) is 0 Å². The summed E-state index contributed by atoms with van der Waals surface area (Å²) in [7, 11) is 0. The molecule has 0 aliphatic heterocycles. The van der Waals surface area contributed by atoms with Crippen molar-refractivity contribution in [2.45, 2.75) is 46.2 Å². The molecular weight excluding hydrogens is 342 g/mol. The molecule has 142 valence electrons. The van der Waals surface area contributed by atoms with Crippen molar-refractivity contribution in [3.63, 3.8) is 0 Å². The Labute approximate surface area is 165 Å². The fourth-order valence-electron chi connectivity index (χ4n) is 3.01. The first-order chi connectivity index (χ1) is 12.1. The maximum Gasteiger partial charge on any atom is 0.119 e. The Kier molecular flexibility index (Phi) is 10.1. The van der Waals surface area contributed by atoms with E-state index in [4.69, 9.17) is 4.74 Å². The second kappa shape index (κ2) is 11.8. The second-order valence-corrected chi connectivity index (χ2v) is 6.94. The van der Waals surface area contributed by atoms with E-state index in [2.05, 4.69) is 87.2 Å². The lowest BCUT2D eigenvalue weighted by atomic mass is 10.1. The van der Waals surface area contributed by atoms with Crippen molar-refractivity contribution in [2.75, 3.05) is 13.2 Å². The summed E-state index contributed by atoms with van der Waals surface area (Å²) < 4.78 is 5.95. The van der Waals surface area contributed by atoms with E-state index in [-0.39, 0.29) is 12.4 Å². The van der Waals surface area contributed by atoms with E-state index in [1.165, 1.54) is 5.56 Å². The van der Waals surface area contributed by atoms with Gasteiger partial charge >= 0.3 is 0 Å². The van der Waals surface area contributed by atoms with E-state index < -0.39 is 0 Å². The van der Waals surface area contributed by atoms with Crippen LogP contribution in [0.3, 0.4) is 0 Å². The predicted molar refractivity (Wildman–Crippen MR) is 116 cm³/mol. The molecule has 0 unspecified atom stereocenters. The first kappa shape index (κ1) is 22.3. The van der Waals surface area contributed by atoms with Crippen LogP contribution in [-0.4, -0.2) is 30.1 Å². The second-order valence-electron chi connectivity index (χ2n) is 6.94. The van der Waals surface area contributed by atoms with E-state index in [1.807, 2.05) is 12.1 Å². The highest BCUT2D eigenvalue weighted by molar-refractivity contribution is 5.85. The summed E-state index contributed by atoms with van der Waals surface area (Å²) in [6.07, 6.45) is 5.30. The van der Waals surface area contributed by atoms with Gasteiger partial charge in [0.1, 0.15) is 5.75 Å². The average Bonchev–Trinajstić information content (AvgIpc) is 2.60. The largest absolute Gasteiger partial charge is 0.494 e. The Morgan fingerprint density at radius 2 is 1.46 bits per heavy atom. The molecule has 0 aromatic heterocycles. The number of nitrogens with zero attached hydrogens (tertiary/aromatic N) is 1. The Morgan fingerprint density at radius 3 is 2.12 bits per heavy atom. The summed E-state index contributed by atoms with van der Waals surface area (Å²) in [5, 5.41) is 0. The first-order valence-electron chi connectivity index (χ1n) is 9.28. The van der Waals surface area contributed by atoms with Gasteiger partial charge in [-0.25, -0.2) is 0 Å². The number of ether oxygens (including phenoxy) is 1. The lowest BCUT2D eigenvalue weighted by molar-refractivity contribution is 0.160. The molecule has 0 radical (unpaired) electrons. The van der Waals surface area contributed by atoms with Crippen LogP contribution in [0.15, 0.2) is 54.6 Å². The molecule has 3 heteroatoms. The van der Waals surface area contributed by atoms with Crippen LogP contribution in [0.1, 0.15) is 45.2 Å². The minimum atomic E-state index is 0. The highest BCUT2D eigenvalue weighted by atomic mass is 35.5. The van der Waals surface area contributed by atoms with E-state index in [1.54, 1.807) is 0 Å². The first-order valence-corrected chi connectivity index (χ1v) is 9.28. The van der Waals surface area contributed by atoms with Gasteiger partial charge in [0, 0.05) is 18.6 Å². The van der Waals surface area contributed by atoms with Crippen molar-refractivity contribution in [3.05, 3.63) is 65.7 Å². The van der Waals surface area contributed by atoms with Gasteiger partial charge in [0.25, 0.3) is 0 Å². The van der Waals surface area contributed by atoms with E-state index in [0.29, 0.717) is 12.1 Å². The molecule has 0 heterocycles. The van der Waals surface area contributed by atoms with Crippen molar-refractivity contribution < 1.29 is 4.74 Å². The van der Waals surface area contributed by atoms with Crippen LogP contribution in [-0.2, 0) is 0 Å². The van der Waals surface area contributed by atoms with Crippen molar-refractivity contribution in [3.8, 4) is 5.75 Å². The van der Waals surface area contributed by atoms with Crippen LogP contribution in [0.5, 0.6) is 5.75 Å². The van der Waals surface area contributed by atoms with Gasteiger partial charge in [-0.2, -0.15) is 0 Å². The van der Waals surface area contributed by atoms with E-state index >= 15 is 0 Å². The molecule has 0 fully saturated rings. The maximum absolute atomic E-state index is 5.95.